The molecule has 2 rings (SSSR count). The molecule has 1 unspecified atom stereocenters. The fourth-order valence-electron chi connectivity index (χ4n) is 1.93. The highest BCUT2D eigenvalue weighted by atomic mass is 32.2. The van der Waals surface area contributed by atoms with Gasteiger partial charge in [0, 0.05) is 17.5 Å². The first-order valence-electron chi connectivity index (χ1n) is 6.31. The fraction of sp³-hybridized carbons (Fsp3) is 0.250. The molecule has 0 spiro atoms. The largest absolute Gasteiger partial charge is 0.306 e. The molecule has 0 aliphatic heterocycles. The normalized spacial score (nSPS) is 12.4. The summed E-state index contributed by atoms with van der Waals surface area (Å²) < 4.78 is 13.1. The van der Waals surface area contributed by atoms with Gasteiger partial charge in [-0.1, -0.05) is 24.3 Å². The van der Waals surface area contributed by atoms with Gasteiger partial charge in [0.05, 0.1) is 0 Å². The summed E-state index contributed by atoms with van der Waals surface area (Å²) in [6, 6.07) is 15.5. The summed E-state index contributed by atoms with van der Waals surface area (Å²) in [6.07, 6.45) is 2.07. The molecule has 0 aromatic heterocycles. The van der Waals surface area contributed by atoms with Crippen molar-refractivity contribution in [1.82, 2.24) is 5.32 Å². The SMILES string of the molecule is CSc1ccc(C(C)NCc2cccc(F)c2)cc1. The molecular weight excluding hydrogens is 257 g/mol. The van der Waals surface area contributed by atoms with Gasteiger partial charge in [-0.25, -0.2) is 4.39 Å². The first-order valence-corrected chi connectivity index (χ1v) is 7.53. The fourth-order valence-corrected chi connectivity index (χ4v) is 2.34. The number of thioether (sulfide) groups is 1. The van der Waals surface area contributed by atoms with Crippen LogP contribution in [0.1, 0.15) is 24.1 Å². The Morgan fingerprint density at radius 3 is 2.53 bits per heavy atom. The van der Waals surface area contributed by atoms with Crippen molar-refractivity contribution in [2.75, 3.05) is 6.26 Å². The lowest BCUT2D eigenvalue weighted by atomic mass is 10.1. The highest BCUT2D eigenvalue weighted by Crippen LogP contribution is 2.19. The van der Waals surface area contributed by atoms with E-state index in [9.17, 15) is 4.39 Å². The Balaban J connectivity index is 1.95. The molecule has 1 nitrogen and oxygen atoms in total. The molecule has 1 N–H and O–H groups in total. The van der Waals surface area contributed by atoms with Crippen molar-refractivity contribution in [2.24, 2.45) is 0 Å². The molecule has 2 aromatic carbocycles. The standard InChI is InChI=1S/C16H18FNS/c1-12(14-6-8-16(19-2)9-7-14)18-11-13-4-3-5-15(17)10-13/h3-10,12,18H,11H2,1-2H3. The molecule has 0 heterocycles. The monoisotopic (exact) mass is 275 g/mol. The Bertz CT molecular complexity index is 525. The third-order valence-electron chi connectivity index (χ3n) is 3.12. The van der Waals surface area contributed by atoms with Crippen molar-refractivity contribution in [3.63, 3.8) is 0 Å². The summed E-state index contributed by atoms with van der Waals surface area (Å²) in [4.78, 5) is 1.26. The van der Waals surface area contributed by atoms with Crippen LogP contribution in [0.3, 0.4) is 0 Å². The van der Waals surface area contributed by atoms with E-state index in [0.717, 1.165) is 5.56 Å². The first-order chi connectivity index (χ1) is 9.19. The molecule has 0 bridgehead atoms. The molecule has 2 aromatic rings. The summed E-state index contributed by atoms with van der Waals surface area (Å²) in [5.74, 6) is -0.184. The second kappa shape index (κ2) is 6.73. The highest BCUT2D eigenvalue weighted by Gasteiger charge is 2.05. The lowest BCUT2D eigenvalue weighted by molar-refractivity contribution is 0.569. The third kappa shape index (κ3) is 4.08. The topological polar surface area (TPSA) is 12.0 Å². The van der Waals surface area contributed by atoms with Gasteiger partial charge in [-0.3, -0.25) is 0 Å². The van der Waals surface area contributed by atoms with Gasteiger partial charge in [-0.2, -0.15) is 0 Å². The van der Waals surface area contributed by atoms with Crippen LogP contribution in [-0.4, -0.2) is 6.26 Å². The molecule has 100 valence electrons. The Morgan fingerprint density at radius 2 is 1.89 bits per heavy atom. The minimum absolute atomic E-state index is 0.184. The van der Waals surface area contributed by atoms with Gasteiger partial charge in [0.2, 0.25) is 0 Å². The number of halogens is 1. The maximum absolute atomic E-state index is 13.1. The van der Waals surface area contributed by atoms with E-state index >= 15 is 0 Å². The number of hydrogen-bond donors (Lipinski definition) is 1. The van der Waals surface area contributed by atoms with Crippen LogP contribution < -0.4 is 5.32 Å². The Labute approximate surface area is 118 Å². The summed E-state index contributed by atoms with van der Waals surface area (Å²) in [6.45, 7) is 2.79. The molecule has 3 heteroatoms. The molecule has 0 aliphatic rings. The van der Waals surface area contributed by atoms with Crippen LogP contribution in [-0.2, 0) is 6.54 Å². The maximum atomic E-state index is 13.1. The van der Waals surface area contributed by atoms with Gasteiger partial charge in [0.1, 0.15) is 5.82 Å². The number of nitrogens with one attached hydrogen (secondary N) is 1. The van der Waals surface area contributed by atoms with Gasteiger partial charge in [-0.05, 0) is 48.6 Å². The zero-order valence-corrected chi connectivity index (χ0v) is 12.0. The molecule has 0 aliphatic carbocycles. The van der Waals surface area contributed by atoms with Gasteiger partial charge < -0.3 is 5.32 Å². The average molecular weight is 275 g/mol. The number of benzene rings is 2. The van der Waals surface area contributed by atoms with Gasteiger partial charge in [0.25, 0.3) is 0 Å². The van der Waals surface area contributed by atoms with Crippen LogP contribution in [0.25, 0.3) is 0 Å². The predicted octanol–water partition coefficient (Wildman–Crippen LogP) is 4.40. The molecule has 0 saturated carbocycles. The lowest BCUT2D eigenvalue weighted by Crippen LogP contribution is -2.18. The molecule has 0 amide bonds. The maximum Gasteiger partial charge on any atom is 0.123 e. The Kier molecular flexibility index (Phi) is 5.00. The van der Waals surface area contributed by atoms with Crippen molar-refractivity contribution in [1.29, 1.82) is 0 Å². The van der Waals surface area contributed by atoms with Crippen molar-refractivity contribution in [3.05, 3.63) is 65.5 Å². The van der Waals surface area contributed by atoms with E-state index in [2.05, 4.69) is 42.8 Å². The lowest BCUT2D eigenvalue weighted by Gasteiger charge is -2.14. The summed E-state index contributed by atoms with van der Waals surface area (Å²) >= 11 is 1.74. The smallest absolute Gasteiger partial charge is 0.123 e. The minimum atomic E-state index is -0.184. The zero-order chi connectivity index (χ0) is 13.7. The highest BCUT2D eigenvalue weighted by molar-refractivity contribution is 7.98. The van der Waals surface area contributed by atoms with Gasteiger partial charge in [-0.15, -0.1) is 11.8 Å². The average Bonchev–Trinajstić information content (AvgIpc) is 2.45. The van der Waals surface area contributed by atoms with Crippen LogP contribution in [0.15, 0.2) is 53.4 Å². The molecule has 0 saturated heterocycles. The van der Waals surface area contributed by atoms with E-state index < -0.39 is 0 Å². The van der Waals surface area contributed by atoms with Crippen molar-refractivity contribution in [3.8, 4) is 0 Å². The zero-order valence-electron chi connectivity index (χ0n) is 11.2. The van der Waals surface area contributed by atoms with E-state index in [1.807, 2.05) is 6.07 Å². The van der Waals surface area contributed by atoms with E-state index in [4.69, 9.17) is 0 Å². The second-order valence-corrected chi connectivity index (χ2v) is 5.39. The van der Waals surface area contributed by atoms with E-state index in [0.29, 0.717) is 6.54 Å². The van der Waals surface area contributed by atoms with Gasteiger partial charge in [0.15, 0.2) is 0 Å². The van der Waals surface area contributed by atoms with Crippen LogP contribution in [0, 0.1) is 5.82 Å². The molecule has 0 fully saturated rings. The molecular formula is C16H18FNS. The first kappa shape index (κ1) is 14.1. The van der Waals surface area contributed by atoms with E-state index in [-0.39, 0.29) is 11.9 Å². The molecule has 0 radical (unpaired) electrons. The molecule has 1 atom stereocenters. The van der Waals surface area contributed by atoms with Crippen LogP contribution in [0.5, 0.6) is 0 Å². The third-order valence-corrected chi connectivity index (χ3v) is 3.86. The van der Waals surface area contributed by atoms with E-state index in [1.54, 1.807) is 23.9 Å². The van der Waals surface area contributed by atoms with Crippen LogP contribution in [0.4, 0.5) is 4.39 Å². The van der Waals surface area contributed by atoms with Crippen molar-refractivity contribution < 1.29 is 4.39 Å². The van der Waals surface area contributed by atoms with Crippen LogP contribution in [0.2, 0.25) is 0 Å². The van der Waals surface area contributed by atoms with Gasteiger partial charge >= 0.3 is 0 Å². The Morgan fingerprint density at radius 1 is 1.16 bits per heavy atom. The summed E-state index contributed by atoms with van der Waals surface area (Å²) in [7, 11) is 0. The molecule has 19 heavy (non-hydrogen) atoms. The quantitative estimate of drug-likeness (QED) is 0.812. The van der Waals surface area contributed by atoms with Crippen LogP contribution >= 0.6 is 11.8 Å². The Hall–Kier alpha value is -1.32. The predicted molar refractivity (Wildman–Crippen MR) is 79.9 cm³/mol. The van der Waals surface area contributed by atoms with Crippen molar-refractivity contribution in [2.45, 2.75) is 24.4 Å². The number of hydrogen-bond acceptors (Lipinski definition) is 2. The summed E-state index contributed by atoms with van der Waals surface area (Å²) in [5, 5.41) is 3.41. The van der Waals surface area contributed by atoms with E-state index in [1.165, 1.54) is 16.5 Å². The summed E-state index contributed by atoms with van der Waals surface area (Å²) in [5.41, 5.74) is 2.21. The second-order valence-electron chi connectivity index (χ2n) is 4.51. The van der Waals surface area contributed by atoms with Crippen molar-refractivity contribution >= 4 is 11.8 Å². The number of rotatable bonds is 5. The minimum Gasteiger partial charge on any atom is -0.306 e.